The van der Waals surface area contributed by atoms with Crippen LogP contribution in [0.2, 0.25) is 5.02 Å². The maximum atomic E-state index is 12.2. The molecular weight excluding hydrogens is 368 g/mol. The van der Waals surface area contributed by atoms with Crippen LogP contribution in [0, 0.1) is 0 Å². The van der Waals surface area contributed by atoms with Gasteiger partial charge in [-0.1, -0.05) is 41.9 Å². The second-order valence-corrected chi connectivity index (χ2v) is 6.17. The molecule has 138 valence electrons. The first-order valence-corrected chi connectivity index (χ1v) is 8.44. The number of benzene rings is 3. The monoisotopic (exact) mass is 384 g/mol. The number of ether oxygens (including phenoxy) is 2. The minimum atomic E-state index is -0.734. The van der Waals surface area contributed by atoms with Gasteiger partial charge < -0.3 is 20.5 Å². The van der Waals surface area contributed by atoms with Crippen molar-refractivity contribution in [1.82, 2.24) is 0 Å². The molecule has 27 heavy (non-hydrogen) atoms. The van der Waals surface area contributed by atoms with Crippen molar-refractivity contribution < 1.29 is 19.1 Å². The van der Waals surface area contributed by atoms with Gasteiger partial charge in [-0.15, -0.1) is 0 Å². The number of anilines is 2. The molecule has 0 heterocycles. The molecule has 6 nitrogen and oxygen atoms in total. The molecule has 3 aromatic rings. The van der Waals surface area contributed by atoms with E-state index in [1.807, 2.05) is 36.4 Å². The SMILES string of the molecule is COc1cc(N)c(Cl)cc1C(=O)OCC(=O)Nc1ccc2ccccc2c1. The van der Waals surface area contributed by atoms with Crippen LogP contribution in [-0.4, -0.2) is 25.6 Å². The van der Waals surface area contributed by atoms with E-state index in [1.165, 1.54) is 19.2 Å². The quantitative estimate of drug-likeness (QED) is 0.514. The summed E-state index contributed by atoms with van der Waals surface area (Å²) in [6, 6.07) is 16.1. The lowest BCUT2D eigenvalue weighted by Gasteiger charge is -2.11. The lowest BCUT2D eigenvalue weighted by atomic mass is 10.1. The highest BCUT2D eigenvalue weighted by Crippen LogP contribution is 2.29. The van der Waals surface area contributed by atoms with Crippen LogP contribution in [0.4, 0.5) is 11.4 Å². The molecule has 3 N–H and O–H groups in total. The maximum absolute atomic E-state index is 12.2. The van der Waals surface area contributed by atoms with E-state index in [9.17, 15) is 9.59 Å². The Bertz CT molecular complexity index is 1020. The minimum absolute atomic E-state index is 0.0928. The van der Waals surface area contributed by atoms with E-state index in [0.717, 1.165) is 10.8 Å². The van der Waals surface area contributed by atoms with Gasteiger partial charge in [0.1, 0.15) is 11.3 Å². The van der Waals surface area contributed by atoms with E-state index in [4.69, 9.17) is 26.8 Å². The number of halogens is 1. The highest BCUT2D eigenvalue weighted by molar-refractivity contribution is 6.33. The summed E-state index contributed by atoms with van der Waals surface area (Å²) in [5, 5.41) is 4.95. The fourth-order valence-electron chi connectivity index (χ4n) is 2.57. The summed E-state index contributed by atoms with van der Waals surface area (Å²) in [6.45, 7) is -0.448. The number of nitrogens with two attached hydrogens (primary N) is 1. The summed E-state index contributed by atoms with van der Waals surface area (Å²) in [7, 11) is 1.39. The van der Waals surface area contributed by atoms with E-state index in [2.05, 4.69) is 5.32 Å². The van der Waals surface area contributed by atoms with Gasteiger partial charge >= 0.3 is 5.97 Å². The summed E-state index contributed by atoms with van der Waals surface area (Å²) < 4.78 is 10.2. The zero-order chi connectivity index (χ0) is 19.4. The fourth-order valence-corrected chi connectivity index (χ4v) is 2.73. The molecule has 0 saturated heterocycles. The number of methoxy groups -OCH3 is 1. The minimum Gasteiger partial charge on any atom is -0.496 e. The van der Waals surface area contributed by atoms with Crippen molar-refractivity contribution in [2.24, 2.45) is 0 Å². The van der Waals surface area contributed by atoms with Crippen LogP contribution in [0.1, 0.15) is 10.4 Å². The topological polar surface area (TPSA) is 90.7 Å². The second kappa shape index (κ2) is 7.97. The van der Waals surface area contributed by atoms with Gasteiger partial charge in [0.15, 0.2) is 6.61 Å². The van der Waals surface area contributed by atoms with Crippen molar-refractivity contribution in [3.63, 3.8) is 0 Å². The number of nitrogen functional groups attached to an aromatic ring is 1. The van der Waals surface area contributed by atoms with E-state index < -0.39 is 18.5 Å². The molecule has 3 aromatic carbocycles. The zero-order valence-corrected chi connectivity index (χ0v) is 15.2. The molecule has 0 bridgehead atoms. The Hall–Kier alpha value is -3.25. The number of nitrogens with one attached hydrogen (secondary N) is 1. The number of carbonyl (C=O) groups is 2. The first-order chi connectivity index (χ1) is 13.0. The molecule has 0 spiro atoms. The van der Waals surface area contributed by atoms with E-state index in [1.54, 1.807) is 6.07 Å². The van der Waals surface area contributed by atoms with E-state index in [-0.39, 0.29) is 22.0 Å². The predicted molar refractivity (Wildman–Crippen MR) is 105 cm³/mol. The van der Waals surface area contributed by atoms with Crippen LogP contribution in [0.25, 0.3) is 10.8 Å². The third kappa shape index (κ3) is 4.30. The lowest BCUT2D eigenvalue weighted by molar-refractivity contribution is -0.119. The number of carbonyl (C=O) groups excluding carboxylic acids is 2. The molecule has 0 aliphatic rings. The Morgan fingerprint density at radius 1 is 1.07 bits per heavy atom. The number of esters is 1. The van der Waals surface area contributed by atoms with Gasteiger partial charge in [-0.25, -0.2) is 4.79 Å². The Labute approximate surface area is 160 Å². The molecule has 0 aliphatic carbocycles. The van der Waals surface area contributed by atoms with Crippen LogP contribution >= 0.6 is 11.6 Å². The third-order valence-electron chi connectivity index (χ3n) is 3.91. The molecule has 1 amide bonds. The maximum Gasteiger partial charge on any atom is 0.342 e. The van der Waals surface area contributed by atoms with E-state index in [0.29, 0.717) is 5.69 Å². The summed E-state index contributed by atoms with van der Waals surface area (Å²) in [5.74, 6) is -0.974. The van der Waals surface area contributed by atoms with Crippen LogP contribution in [0.3, 0.4) is 0 Å². The molecule has 0 atom stereocenters. The highest BCUT2D eigenvalue weighted by atomic mass is 35.5. The molecule has 0 saturated carbocycles. The Balaban J connectivity index is 1.64. The van der Waals surface area contributed by atoms with Gasteiger partial charge in [0.25, 0.3) is 5.91 Å². The van der Waals surface area contributed by atoms with Crippen LogP contribution in [0.15, 0.2) is 54.6 Å². The zero-order valence-electron chi connectivity index (χ0n) is 14.5. The van der Waals surface area contributed by atoms with Crippen LogP contribution in [0.5, 0.6) is 5.75 Å². The fraction of sp³-hybridized carbons (Fsp3) is 0.100. The first kappa shape index (κ1) is 18.5. The molecule has 0 unspecified atom stereocenters. The normalized spacial score (nSPS) is 10.4. The van der Waals surface area contributed by atoms with Gasteiger partial charge in [0, 0.05) is 11.8 Å². The van der Waals surface area contributed by atoms with Crippen molar-refractivity contribution in [1.29, 1.82) is 0 Å². The summed E-state index contributed by atoms with van der Waals surface area (Å²) >= 11 is 5.94. The van der Waals surface area contributed by atoms with Crippen molar-refractivity contribution in [2.75, 3.05) is 24.8 Å². The molecule has 0 aromatic heterocycles. The van der Waals surface area contributed by atoms with Crippen LogP contribution < -0.4 is 15.8 Å². The Morgan fingerprint density at radius 2 is 1.81 bits per heavy atom. The van der Waals surface area contributed by atoms with Crippen LogP contribution in [-0.2, 0) is 9.53 Å². The van der Waals surface area contributed by atoms with Gasteiger partial charge in [0.2, 0.25) is 0 Å². The molecule has 7 heteroatoms. The number of hydrogen-bond acceptors (Lipinski definition) is 5. The molecule has 0 fully saturated rings. The molecular formula is C20H17ClN2O4. The summed E-state index contributed by atoms with van der Waals surface area (Å²) in [4.78, 5) is 24.3. The number of hydrogen-bond donors (Lipinski definition) is 2. The lowest BCUT2D eigenvalue weighted by Crippen LogP contribution is -2.21. The molecule has 0 aliphatic heterocycles. The van der Waals surface area contributed by atoms with Gasteiger partial charge in [-0.3, -0.25) is 4.79 Å². The summed E-state index contributed by atoms with van der Waals surface area (Å²) in [5.41, 5.74) is 6.67. The Kier molecular flexibility index (Phi) is 5.47. The number of rotatable bonds is 5. The highest BCUT2D eigenvalue weighted by Gasteiger charge is 2.17. The molecule has 3 rings (SSSR count). The van der Waals surface area contributed by atoms with Crippen molar-refractivity contribution >= 4 is 45.6 Å². The van der Waals surface area contributed by atoms with Crippen molar-refractivity contribution in [3.05, 3.63) is 65.2 Å². The third-order valence-corrected chi connectivity index (χ3v) is 4.23. The molecule has 0 radical (unpaired) electrons. The summed E-state index contributed by atoms with van der Waals surface area (Å²) in [6.07, 6.45) is 0. The average Bonchev–Trinajstić information content (AvgIpc) is 2.67. The van der Waals surface area contributed by atoms with Crippen molar-refractivity contribution in [3.8, 4) is 5.75 Å². The standard InChI is InChI=1S/C20H17ClN2O4/c1-26-18-10-17(22)16(21)9-15(18)20(25)27-11-19(24)23-14-7-6-12-4-2-3-5-13(12)8-14/h2-10H,11,22H2,1H3,(H,23,24). The average molecular weight is 385 g/mol. The van der Waals surface area contributed by atoms with Gasteiger partial charge in [-0.05, 0) is 29.0 Å². The largest absolute Gasteiger partial charge is 0.496 e. The second-order valence-electron chi connectivity index (χ2n) is 5.76. The predicted octanol–water partition coefficient (Wildman–Crippen LogP) is 3.88. The Morgan fingerprint density at radius 3 is 2.56 bits per heavy atom. The smallest absolute Gasteiger partial charge is 0.342 e. The van der Waals surface area contributed by atoms with E-state index >= 15 is 0 Å². The van der Waals surface area contributed by atoms with Gasteiger partial charge in [0.05, 0.1) is 17.8 Å². The first-order valence-electron chi connectivity index (χ1n) is 8.06. The van der Waals surface area contributed by atoms with Gasteiger partial charge in [-0.2, -0.15) is 0 Å². The number of fused-ring (bicyclic) bond motifs is 1. The number of amides is 1. The van der Waals surface area contributed by atoms with Crippen molar-refractivity contribution in [2.45, 2.75) is 0 Å².